The zero-order valence-corrected chi connectivity index (χ0v) is 26.8. The first-order chi connectivity index (χ1) is 24.3. The van der Waals surface area contributed by atoms with Gasteiger partial charge in [0.25, 0.3) is 0 Å². The Balaban J connectivity index is 1.18. The number of hydrogen-bond donors (Lipinski definition) is 0. The van der Waals surface area contributed by atoms with Crippen molar-refractivity contribution in [1.29, 1.82) is 0 Å². The Morgan fingerprint density at radius 3 is 1.16 bits per heavy atom. The number of benzene rings is 9. The van der Waals surface area contributed by atoms with Gasteiger partial charge in [0.1, 0.15) is 0 Å². The van der Waals surface area contributed by atoms with Crippen LogP contribution in [0.3, 0.4) is 0 Å². The average molecular weight is 622 g/mol. The van der Waals surface area contributed by atoms with Gasteiger partial charge in [0.05, 0.1) is 11.0 Å². The second-order valence-electron chi connectivity index (χ2n) is 12.9. The Kier molecular flexibility index (Phi) is 6.25. The van der Waals surface area contributed by atoms with E-state index in [2.05, 4.69) is 193 Å². The van der Waals surface area contributed by atoms with Gasteiger partial charge >= 0.3 is 0 Å². The third-order valence-corrected chi connectivity index (χ3v) is 10.2. The molecule has 0 radical (unpaired) electrons. The fourth-order valence-corrected chi connectivity index (χ4v) is 7.83. The Morgan fingerprint density at radius 2 is 0.612 bits per heavy atom. The smallest absolute Gasteiger partial charge is 0.0541 e. The van der Waals surface area contributed by atoms with Crippen LogP contribution in [-0.2, 0) is 0 Å². The van der Waals surface area contributed by atoms with Crippen molar-refractivity contribution in [1.82, 2.24) is 4.57 Å². The molecule has 1 aromatic heterocycles. The minimum atomic E-state index is 1.15. The normalized spacial score (nSPS) is 11.7. The van der Waals surface area contributed by atoms with Crippen molar-refractivity contribution in [3.63, 3.8) is 0 Å². The molecule has 10 aromatic rings. The molecule has 0 unspecified atom stereocenters. The van der Waals surface area contributed by atoms with Gasteiger partial charge in [-0.05, 0) is 108 Å². The minimum Gasteiger partial charge on any atom is -0.309 e. The average Bonchev–Trinajstić information content (AvgIpc) is 3.51. The number of fused-ring (bicyclic) bond motifs is 9. The Labute approximate surface area is 284 Å². The first-order valence-electron chi connectivity index (χ1n) is 16.9. The summed E-state index contributed by atoms with van der Waals surface area (Å²) in [6, 6.07) is 68.8. The summed E-state index contributed by atoms with van der Waals surface area (Å²) in [5.74, 6) is 0. The first-order valence-corrected chi connectivity index (χ1v) is 16.9. The highest BCUT2D eigenvalue weighted by atomic mass is 15.0. The van der Waals surface area contributed by atoms with Crippen LogP contribution >= 0.6 is 0 Å². The molecular weight excluding hydrogens is 591 g/mol. The van der Waals surface area contributed by atoms with E-state index in [1.54, 1.807) is 0 Å². The summed E-state index contributed by atoms with van der Waals surface area (Å²) in [6.45, 7) is 0. The van der Waals surface area contributed by atoms with Crippen molar-refractivity contribution in [3.05, 3.63) is 188 Å². The van der Waals surface area contributed by atoms with Gasteiger partial charge in [0, 0.05) is 16.5 Å². The molecule has 0 aliphatic carbocycles. The maximum absolute atomic E-state index is 2.43. The predicted octanol–water partition coefficient (Wildman–Crippen LogP) is 13.2. The van der Waals surface area contributed by atoms with Gasteiger partial charge in [0.15, 0.2) is 0 Å². The summed E-state index contributed by atoms with van der Waals surface area (Å²) >= 11 is 0. The molecule has 0 saturated carbocycles. The molecule has 9 aromatic carbocycles. The molecule has 0 spiro atoms. The summed E-state index contributed by atoms with van der Waals surface area (Å²) in [6.07, 6.45) is 0. The molecule has 1 heteroatoms. The zero-order valence-electron chi connectivity index (χ0n) is 26.8. The largest absolute Gasteiger partial charge is 0.309 e. The Hall–Kier alpha value is -6.44. The standard InChI is InChI=1S/C48H31N/c1-3-12-32(13-4-1)35-23-26-47-45(30-35)46-31-36(33-14-5-2-6-15-33)24-27-48(46)49(47)38-17-11-16-34(28-38)37-22-25-43-41-20-8-7-18-39(41)40-19-9-10-21-42(40)44(43)29-37/h1-31H. The molecule has 0 aliphatic heterocycles. The van der Waals surface area contributed by atoms with E-state index in [9.17, 15) is 0 Å². The van der Waals surface area contributed by atoms with E-state index < -0.39 is 0 Å². The zero-order chi connectivity index (χ0) is 32.3. The second kappa shape index (κ2) is 11.1. The van der Waals surface area contributed by atoms with Crippen LogP contribution in [0.15, 0.2) is 188 Å². The maximum Gasteiger partial charge on any atom is 0.0541 e. The monoisotopic (exact) mass is 621 g/mol. The van der Waals surface area contributed by atoms with Crippen LogP contribution in [0.2, 0.25) is 0 Å². The first kappa shape index (κ1) is 27.7. The van der Waals surface area contributed by atoms with Gasteiger partial charge in [-0.15, -0.1) is 0 Å². The molecule has 0 amide bonds. The second-order valence-corrected chi connectivity index (χ2v) is 12.9. The van der Waals surface area contributed by atoms with E-state index in [0.717, 1.165) is 5.69 Å². The van der Waals surface area contributed by atoms with Crippen LogP contribution in [0.25, 0.3) is 93.2 Å². The molecule has 10 rings (SSSR count). The molecular formula is C48H31N. The fourth-order valence-electron chi connectivity index (χ4n) is 7.83. The van der Waals surface area contributed by atoms with E-state index in [1.807, 2.05) is 0 Å². The number of hydrogen-bond acceptors (Lipinski definition) is 0. The summed E-state index contributed by atoms with van der Waals surface area (Å²) in [7, 11) is 0. The lowest BCUT2D eigenvalue weighted by atomic mass is 9.92. The van der Waals surface area contributed by atoms with E-state index >= 15 is 0 Å². The minimum absolute atomic E-state index is 1.15. The maximum atomic E-state index is 2.43. The molecule has 0 bridgehead atoms. The third kappa shape index (κ3) is 4.47. The summed E-state index contributed by atoms with van der Waals surface area (Å²) < 4.78 is 2.43. The highest BCUT2D eigenvalue weighted by molar-refractivity contribution is 6.25. The molecule has 0 fully saturated rings. The molecule has 0 saturated heterocycles. The molecule has 0 atom stereocenters. The highest BCUT2D eigenvalue weighted by Gasteiger charge is 2.16. The highest BCUT2D eigenvalue weighted by Crippen LogP contribution is 2.40. The van der Waals surface area contributed by atoms with Crippen molar-refractivity contribution in [2.24, 2.45) is 0 Å². The summed E-state index contributed by atoms with van der Waals surface area (Å²) in [4.78, 5) is 0. The van der Waals surface area contributed by atoms with Crippen LogP contribution in [0.5, 0.6) is 0 Å². The molecule has 0 aliphatic rings. The predicted molar refractivity (Wildman–Crippen MR) is 210 cm³/mol. The van der Waals surface area contributed by atoms with Crippen molar-refractivity contribution >= 4 is 54.1 Å². The molecule has 1 nitrogen and oxygen atoms in total. The lowest BCUT2D eigenvalue weighted by molar-refractivity contribution is 1.18. The van der Waals surface area contributed by atoms with E-state index in [1.165, 1.54) is 87.5 Å². The lowest BCUT2D eigenvalue weighted by Crippen LogP contribution is -1.94. The number of aromatic nitrogens is 1. The quantitative estimate of drug-likeness (QED) is 0.172. The van der Waals surface area contributed by atoms with Gasteiger partial charge in [-0.2, -0.15) is 0 Å². The molecule has 49 heavy (non-hydrogen) atoms. The Morgan fingerprint density at radius 1 is 0.224 bits per heavy atom. The topological polar surface area (TPSA) is 4.93 Å². The van der Waals surface area contributed by atoms with Crippen LogP contribution in [0.1, 0.15) is 0 Å². The van der Waals surface area contributed by atoms with Gasteiger partial charge in [-0.1, -0.05) is 146 Å². The summed E-state index contributed by atoms with van der Waals surface area (Å²) in [5, 5.41) is 10.3. The van der Waals surface area contributed by atoms with E-state index in [-0.39, 0.29) is 0 Å². The van der Waals surface area contributed by atoms with Crippen molar-refractivity contribution < 1.29 is 0 Å². The third-order valence-electron chi connectivity index (χ3n) is 10.2. The van der Waals surface area contributed by atoms with Gasteiger partial charge in [0.2, 0.25) is 0 Å². The number of nitrogens with zero attached hydrogens (tertiary/aromatic N) is 1. The van der Waals surface area contributed by atoms with Gasteiger partial charge in [-0.25, -0.2) is 0 Å². The fraction of sp³-hybridized carbons (Fsp3) is 0. The molecule has 1 heterocycles. The Bertz CT molecular complexity index is 2730. The van der Waals surface area contributed by atoms with Crippen molar-refractivity contribution in [2.75, 3.05) is 0 Å². The SMILES string of the molecule is c1ccc(-c2ccc3c(c2)c2cc(-c4ccccc4)ccc2n3-c2cccc(-c3ccc4c5ccccc5c5ccccc5c4c3)c2)cc1. The number of rotatable bonds is 4. The van der Waals surface area contributed by atoms with Crippen LogP contribution in [0.4, 0.5) is 0 Å². The lowest BCUT2D eigenvalue weighted by Gasteiger charge is -2.13. The van der Waals surface area contributed by atoms with Crippen LogP contribution in [-0.4, -0.2) is 4.57 Å². The summed E-state index contributed by atoms with van der Waals surface area (Å²) in [5.41, 5.74) is 10.9. The van der Waals surface area contributed by atoms with Crippen molar-refractivity contribution in [2.45, 2.75) is 0 Å². The van der Waals surface area contributed by atoms with Crippen LogP contribution in [0, 0.1) is 0 Å². The van der Waals surface area contributed by atoms with Gasteiger partial charge < -0.3 is 4.57 Å². The van der Waals surface area contributed by atoms with E-state index in [0.29, 0.717) is 0 Å². The van der Waals surface area contributed by atoms with Crippen molar-refractivity contribution in [3.8, 4) is 39.1 Å². The molecule has 0 N–H and O–H groups in total. The van der Waals surface area contributed by atoms with Crippen LogP contribution < -0.4 is 0 Å². The van der Waals surface area contributed by atoms with Gasteiger partial charge in [-0.3, -0.25) is 0 Å². The van der Waals surface area contributed by atoms with E-state index in [4.69, 9.17) is 0 Å². The molecule has 228 valence electrons.